The second-order valence-corrected chi connectivity index (χ2v) is 16.2. The fourth-order valence-electron chi connectivity index (χ4n) is 8.63. The lowest BCUT2D eigenvalue weighted by molar-refractivity contribution is 0.670. The highest BCUT2D eigenvalue weighted by Crippen LogP contribution is 2.44. The quantitative estimate of drug-likeness (QED) is 0.169. The third-order valence-electron chi connectivity index (χ3n) is 11.6. The summed E-state index contributed by atoms with van der Waals surface area (Å²) in [5, 5.41) is 5.90. The van der Waals surface area contributed by atoms with Crippen LogP contribution in [0.3, 0.4) is 0 Å². The van der Waals surface area contributed by atoms with E-state index in [0.29, 0.717) is 5.82 Å². The van der Waals surface area contributed by atoms with Gasteiger partial charge in [-0.3, -0.25) is 4.98 Å². The molecule has 12 rings (SSSR count). The van der Waals surface area contributed by atoms with E-state index in [1.807, 2.05) is 47.9 Å². The fourth-order valence-corrected chi connectivity index (χ4v) is 9.71. The molecule has 0 saturated heterocycles. The van der Waals surface area contributed by atoms with Crippen molar-refractivity contribution in [1.29, 1.82) is 0 Å². The lowest BCUT2D eigenvalue weighted by Crippen LogP contribution is -1.96. The Hall–Kier alpha value is -7.73. The molecule has 4 heterocycles. The number of benzene rings is 8. The van der Waals surface area contributed by atoms with E-state index in [1.165, 1.54) is 20.2 Å². The van der Waals surface area contributed by atoms with Crippen molar-refractivity contribution in [1.82, 2.24) is 15.0 Å². The number of aromatic nitrogens is 3. The van der Waals surface area contributed by atoms with E-state index >= 15 is 0 Å². The molecule has 0 N–H and O–H groups in total. The third kappa shape index (κ3) is 5.78. The van der Waals surface area contributed by atoms with Crippen molar-refractivity contribution in [3.8, 4) is 67.3 Å². The Morgan fingerprint density at radius 2 is 1.03 bits per heavy atom. The van der Waals surface area contributed by atoms with Gasteiger partial charge in [-0.1, -0.05) is 152 Å². The van der Waals surface area contributed by atoms with E-state index in [4.69, 9.17) is 14.4 Å². The first-order valence-electron chi connectivity index (χ1n) is 20.1. The molecule has 0 spiro atoms. The first-order valence-corrected chi connectivity index (χ1v) is 20.9. The maximum atomic E-state index is 6.72. The van der Waals surface area contributed by atoms with E-state index < -0.39 is 0 Å². The minimum Gasteiger partial charge on any atom is -0.455 e. The summed E-state index contributed by atoms with van der Waals surface area (Å²) >= 11 is 1.84. The lowest BCUT2D eigenvalue weighted by Gasteiger charge is -2.12. The number of fused-ring (bicyclic) bond motifs is 7. The van der Waals surface area contributed by atoms with Crippen LogP contribution in [0.1, 0.15) is 0 Å². The molecule has 8 aromatic carbocycles. The predicted molar refractivity (Wildman–Crippen MR) is 250 cm³/mol. The summed E-state index contributed by atoms with van der Waals surface area (Å²) in [6.45, 7) is 0. The molecule has 0 aliphatic heterocycles. The molecule has 0 saturated carbocycles. The van der Waals surface area contributed by atoms with Crippen LogP contribution in [0, 0.1) is 0 Å². The van der Waals surface area contributed by atoms with Crippen LogP contribution in [-0.4, -0.2) is 15.0 Å². The maximum absolute atomic E-state index is 6.72. The average molecular weight is 784 g/mol. The van der Waals surface area contributed by atoms with Crippen molar-refractivity contribution in [2.75, 3.05) is 0 Å². The molecule has 0 fully saturated rings. The molecule has 0 aliphatic carbocycles. The average Bonchev–Trinajstić information content (AvgIpc) is 3.90. The molecule has 0 bridgehead atoms. The number of pyridine rings is 1. The summed E-state index contributed by atoms with van der Waals surface area (Å²) < 4.78 is 9.31. The van der Waals surface area contributed by atoms with E-state index in [9.17, 15) is 0 Å². The van der Waals surface area contributed by atoms with Crippen molar-refractivity contribution in [2.24, 2.45) is 0 Å². The predicted octanol–water partition coefficient (Wildman–Crippen LogP) is 15.3. The molecule has 280 valence electrons. The molecule has 60 heavy (non-hydrogen) atoms. The van der Waals surface area contributed by atoms with E-state index in [2.05, 4.69) is 169 Å². The van der Waals surface area contributed by atoms with Gasteiger partial charge in [0.15, 0.2) is 5.82 Å². The summed E-state index contributed by atoms with van der Waals surface area (Å²) in [4.78, 5) is 15.0. The number of hydrogen-bond acceptors (Lipinski definition) is 5. The van der Waals surface area contributed by atoms with Gasteiger partial charge < -0.3 is 4.42 Å². The van der Waals surface area contributed by atoms with E-state index in [0.717, 1.165) is 94.3 Å². The number of hydrogen-bond donors (Lipinski definition) is 0. The van der Waals surface area contributed by atoms with Gasteiger partial charge >= 0.3 is 0 Å². The number of nitrogens with zero attached hydrogens (tertiary/aromatic N) is 3. The Kier molecular flexibility index (Phi) is 8.00. The van der Waals surface area contributed by atoms with Crippen LogP contribution < -0.4 is 0 Å². The van der Waals surface area contributed by atoms with Crippen LogP contribution in [0.4, 0.5) is 0 Å². The van der Waals surface area contributed by atoms with Crippen LogP contribution in [0.2, 0.25) is 0 Å². The van der Waals surface area contributed by atoms with Crippen LogP contribution >= 0.6 is 11.3 Å². The molecule has 4 nitrogen and oxygen atoms in total. The summed E-state index contributed by atoms with van der Waals surface area (Å²) in [7, 11) is 0. The molecule has 12 aromatic rings. The first-order chi connectivity index (χ1) is 29.7. The number of para-hydroxylation sites is 2. The Bertz CT molecular complexity index is 3580. The van der Waals surface area contributed by atoms with Crippen molar-refractivity contribution >= 4 is 64.4 Å². The van der Waals surface area contributed by atoms with Gasteiger partial charge in [-0.05, 0) is 64.7 Å². The molecular weight excluding hydrogens is 751 g/mol. The first kappa shape index (κ1) is 34.3. The second kappa shape index (κ2) is 14.0. The Morgan fingerprint density at radius 3 is 1.87 bits per heavy atom. The highest BCUT2D eigenvalue weighted by molar-refractivity contribution is 7.25. The van der Waals surface area contributed by atoms with Crippen LogP contribution in [0.25, 0.3) is 120 Å². The largest absolute Gasteiger partial charge is 0.455 e. The molecule has 0 aliphatic rings. The zero-order valence-corrected chi connectivity index (χ0v) is 33.0. The summed E-state index contributed by atoms with van der Waals surface area (Å²) in [5.41, 5.74) is 14.2. The van der Waals surface area contributed by atoms with Crippen LogP contribution in [0.5, 0.6) is 0 Å². The van der Waals surface area contributed by atoms with E-state index in [-0.39, 0.29) is 0 Å². The summed E-state index contributed by atoms with van der Waals surface area (Å²) in [6.07, 6.45) is 1.85. The monoisotopic (exact) mass is 783 g/mol. The topological polar surface area (TPSA) is 51.8 Å². The Balaban J connectivity index is 0.943. The number of rotatable bonds is 6. The zero-order valence-electron chi connectivity index (χ0n) is 32.2. The number of thiophene rings is 1. The van der Waals surface area contributed by atoms with Crippen molar-refractivity contribution < 1.29 is 4.42 Å². The lowest BCUT2D eigenvalue weighted by atomic mass is 9.93. The standard InChI is InChI=1S/C55H33N3OS/c1-2-10-36(11-3-1)47-33-48(58-55(57-47)39-25-21-35(22-26-39)42-16-8-12-38-13-9-31-56-53(38)42)37-23-19-34(20-24-37)41-28-29-43(54-52(41)45-15-4-6-17-49(45)59-54)40-27-30-51-46(32-40)44-14-5-7-18-50(44)60-51/h1-33H. The highest BCUT2D eigenvalue weighted by atomic mass is 32.1. The van der Waals surface area contributed by atoms with Gasteiger partial charge in [0.25, 0.3) is 0 Å². The molecule has 0 amide bonds. The van der Waals surface area contributed by atoms with Gasteiger partial charge in [0, 0.05) is 70.3 Å². The minimum atomic E-state index is 0.675. The normalized spacial score (nSPS) is 11.7. The van der Waals surface area contributed by atoms with Gasteiger partial charge in [0.2, 0.25) is 0 Å². The fraction of sp³-hybridized carbons (Fsp3) is 0. The second-order valence-electron chi connectivity index (χ2n) is 15.1. The maximum Gasteiger partial charge on any atom is 0.160 e. The molecule has 5 heteroatoms. The molecule has 4 aromatic heterocycles. The summed E-state index contributed by atoms with van der Waals surface area (Å²) in [5.74, 6) is 0.675. The van der Waals surface area contributed by atoms with Crippen molar-refractivity contribution in [2.45, 2.75) is 0 Å². The van der Waals surface area contributed by atoms with Gasteiger partial charge in [0.05, 0.1) is 16.9 Å². The molecular formula is C55H33N3OS. The number of furan rings is 1. The van der Waals surface area contributed by atoms with Crippen LogP contribution in [0.15, 0.2) is 205 Å². The molecule has 0 atom stereocenters. The Morgan fingerprint density at radius 1 is 0.400 bits per heavy atom. The Labute approximate surface area is 349 Å². The third-order valence-corrected chi connectivity index (χ3v) is 12.7. The van der Waals surface area contributed by atoms with Crippen LogP contribution in [-0.2, 0) is 0 Å². The minimum absolute atomic E-state index is 0.675. The van der Waals surface area contributed by atoms with Crippen molar-refractivity contribution in [3.05, 3.63) is 200 Å². The van der Waals surface area contributed by atoms with Gasteiger partial charge in [-0.2, -0.15) is 0 Å². The van der Waals surface area contributed by atoms with Gasteiger partial charge in [0.1, 0.15) is 11.2 Å². The molecule has 0 unspecified atom stereocenters. The molecule has 0 radical (unpaired) electrons. The summed E-state index contributed by atoms with van der Waals surface area (Å²) in [6, 6.07) is 68.3. The SMILES string of the molecule is c1ccc(-c2cc(-c3ccc(-c4ccc(-c5ccc6sc7ccccc7c6c5)c5oc6ccccc6c45)cc3)nc(-c3ccc(-c4cccc5cccnc45)cc3)n2)cc1. The smallest absolute Gasteiger partial charge is 0.160 e. The van der Waals surface area contributed by atoms with E-state index in [1.54, 1.807) is 0 Å². The van der Waals surface area contributed by atoms with Crippen molar-refractivity contribution in [3.63, 3.8) is 0 Å². The highest BCUT2D eigenvalue weighted by Gasteiger charge is 2.19. The zero-order chi connectivity index (χ0) is 39.6. The van der Waals surface area contributed by atoms with Gasteiger partial charge in [-0.15, -0.1) is 11.3 Å². The van der Waals surface area contributed by atoms with Gasteiger partial charge in [-0.25, -0.2) is 9.97 Å².